The van der Waals surface area contributed by atoms with Crippen molar-refractivity contribution in [3.05, 3.63) is 35.6 Å². The zero-order valence-corrected chi connectivity index (χ0v) is 17.1. The summed E-state index contributed by atoms with van der Waals surface area (Å²) in [5.74, 6) is -2.56. The van der Waals surface area contributed by atoms with E-state index in [4.69, 9.17) is 0 Å². The van der Waals surface area contributed by atoms with Gasteiger partial charge in [-0.15, -0.1) is 0 Å². The molecule has 2 unspecified atom stereocenters. The first kappa shape index (κ1) is 21.4. The van der Waals surface area contributed by atoms with Crippen molar-refractivity contribution in [1.82, 2.24) is 20.0 Å². The largest absolute Gasteiger partial charge is 0.350 e. The normalized spacial score (nSPS) is 20.9. The molecule has 2 atom stereocenters. The van der Waals surface area contributed by atoms with Gasteiger partial charge < -0.3 is 15.1 Å². The summed E-state index contributed by atoms with van der Waals surface area (Å²) in [4.78, 5) is 58.5. The molecule has 1 fully saturated rings. The summed E-state index contributed by atoms with van der Waals surface area (Å²) in [6, 6.07) is 3.25. The molecule has 0 saturated carbocycles. The van der Waals surface area contributed by atoms with Crippen LogP contribution in [0.5, 0.6) is 0 Å². The van der Waals surface area contributed by atoms with Crippen LogP contribution in [0.3, 0.4) is 0 Å². The molecule has 9 nitrogen and oxygen atoms in total. The van der Waals surface area contributed by atoms with Gasteiger partial charge in [-0.1, -0.05) is 12.1 Å². The highest BCUT2D eigenvalue weighted by Gasteiger charge is 2.45. The van der Waals surface area contributed by atoms with Crippen molar-refractivity contribution >= 4 is 29.5 Å². The molecule has 2 heterocycles. The first-order valence-corrected chi connectivity index (χ1v) is 9.60. The van der Waals surface area contributed by atoms with Gasteiger partial charge in [-0.05, 0) is 30.5 Å². The van der Waals surface area contributed by atoms with Crippen LogP contribution < -0.4 is 5.32 Å². The molecule has 2 aliphatic heterocycles. The molecule has 1 N–H and O–H groups in total. The standard InChI is InChI=1S/C20H24FN5O4/c1-24(2)20(30)25(3)14-5-4-10-26-17(14)23-15(16(27)19(26)29)18(28)22-11-12-6-8-13(21)9-7-12/h6-9,14-15H,4-5,10-11H2,1-3H3,(H,22,28). The third kappa shape index (κ3) is 4.17. The van der Waals surface area contributed by atoms with Gasteiger partial charge in [-0.2, -0.15) is 0 Å². The van der Waals surface area contributed by atoms with E-state index < -0.39 is 35.5 Å². The van der Waals surface area contributed by atoms with Crippen molar-refractivity contribution in [2.45, 2.75) is 31.5 Å². The highest BCUT2D eigenvalue weighted by molar-refractivity contribution is 6.46. The van der Waals surface area contributed by atoms with Gasteiger partial charge in [0.05, 0.1) is 6.04 Å². The highest BCUT2D eigenvalue weighted by Crippen LogP contribution is 2.23. The number of urea groups is 1. The van der Waals surface area contributed by atoms with Crippen molar-refractivity contribution in [2.24, 2.45) is 4.99 Å². The molecule has 0 spiro atoms. The van der Waals surface area contributed by atoms with Crippen molar-refractivity contribution in [3.63, 3.8) is 0 Å². The Bertz CT molecular complexity index is 899. The van der Waals surface area contributed by atoms with Crippen molar-refractivity contribution in [2.75, 3.05) is 27.7 Å². The maximum atomic E-state index is 13.0. The molecule has 1 aromatic carbocycles. The Morgan fingerprint density at radius 2 is 1.87 bits per heavy atom. The fourth-order valence-corrected chi connectivity index (χ4v) is 3.55. The number of ketones is 1. The summed E-state index contributed by atoms with van der Waals surface area (Å²) in [7, 11) is 4.83. The zero-order valence-electron chi connectivity index (χ0n) is 17.1. The second kappa shape index (κ2) is 8.60. The zero-order chi connectivity index (χ0) is 22.0. The molecule has 4 amide bonds. The van der Waals surface area contributed by atoms with Crippen LogP contribution in [-0.4, -0.2) is 83.9 Å². The molecule has 0 aliphatic carbocycles. The molecule has 160 valence electrons. The number of amides is 4. The lowest BCUT2D eigenvalue weighted by Crippen LogP contribution is -2.62. The van der Waals surface area contributed by atoms with Crippen LogP contribution in [0.4, 0.5) is 9.18 Å². The molecule has 0 radical (unpaired) electrons. The van der Waals surface area contributed by atoms with Gasteiger partial charge in [0.1, 0.15) is 11.7 Å². The van der Waals surface area contributed by atoms with Crippen LogP contribution >= 0.6 is 0 Å². The van der Waals surface area contributed by atoms with E-state index in [0.717, 1.165) is 0 Å². The summed E-state index contributed by atoms with van der Waals surface area (Å²) < 4.78 is 13.0. The fourth-order valence-electron chi connectivity index (χ4n) is 3.55. The van der Waals surface area contributed by atoms with Crippen molar-refractivity contribution in [1.29, 1.82) is 0 Å². The third-order valence-electron chi connectivity index (χ3n) is 5.18. The number of aliphatic imine (C=N–C) groups is 1. The summed E-state index contributed by atoms with van der Waals surface area (Å²) >= 11 is 0. The summed E-state index contributed by atoms with van der Waals surface area (Å²) in [6.45, 7) is 0.377. The topological polar surface area (TPSA) is 102 Å². The minimum Gasteiger partial charge on any atom is -0.350 e. The Kier molecular flexibility index (Phi) is 6.14. The van der Waals surface area contributed by atoms with Gasteiger partial charge in [-0.25, -0.2) is 14.2 Å². The molecule has 1 aromatic rings. The van der Waals surface area contributed by atoms with Crippen molar-refractivity contribution in [3.8, 4) is 0 Å². The van der Waals surface area contributed by atoms with E-state index in [1.165, 1.54) is 39.0 Å². The van der Waals surface area contributed by atoms with E-state index in [1.54, 1.807) is 21.1 Å². The van der Waals surface area contributed by atoms with Gasteiger partial charge in [0.2, 0.25) is 0 Å². The second-order valence-electron chi connectivity index (χ2n) is 7.50. The lowest BCUT2D eigenvalue weighted by atomic mass is 9.98. The molecule has 3 rings (SSSR count). The Balaban J connectivity index is 1.82. The summed E-state index contributed by atoms with van der Waals surface area (Å²) in [6.07, 6.45) is 1.17. The van der Waals surface area contributed by atoms with E-state index >= 15 is 0 Å². The number of nitrogens with zero attached hydrogens (tertiary/aromatic N) is 4. The Hall–Kier alpha value is -3.30. The molecule has 30 heavy (non-hydrogen) atoms. The molecule has 10 heteroatoms. The first-order chi connectivity index (χ1) is 14.2. The average molecular weight is 417 g/mol. The van der Waals surface area contributed by atoms with Gasteiger partial charge >= 0.3 is 6.03 Å². The van der Waals surface area contributed by atoms with E-state index in [9.17, 15) is 23.6 Å². The number of Topliss-reactive ketones (excluding diaryl/α,β-unsaturated/α-hetero) is 1. The highest BCUT2D eigenvalue weighted by atomic mass is 19.1. The number of fused-ring (bicyclic) bond motifs is 1. The number of piperidine rings is 1. The van der Waals surface area contributed by atoms with Crippen LogP contribution in [0.25, 0.3) is 0 Å². The SMILES string of the molecule is CN(C)C(=O)N(C)C1CCCN2C(=O)C(=O)C(C(=O)NCc3ccc(F)cc3)N=C12. The monoisotopic (exact) mass is 417 g/mol. The molecule has 2 aliphatic rings. The first-order valence-electron chi connectivity index (χ1n) is 9.60. The van der Waals surface area contributed by atoms with Crippen LogP contribution in [0, 0.1) is 5.82 Å². The minimum absolute atomic E-state index is 0.0636. The number of nitrogens with one attached hydrogen (secondary N) is 1. The number of rotatable bonds is 4. The van der Waals surface area contributed by atoms with Crippen LogP contribution in [-0.2, 0) is 20.9 Å². The molecular formula is C20H24FN5O4. The van der Waals surface area contributed by atoms with Gasteiger partial charge in [-0.3, -0.25) is 19.3 Å². The minimum atomic E-state index is -1.51. The number of hydrogen-bond donors (Lipinski definition) is 1. The second-order valence-corrected chi connectivity index (χ2v) is 7.50. The maximum Gasteiger partial charge on any atom is 0.319 e. The fraction of sp³-hybridized carbons (Fsp3) is 0.450. The molecule has 0 aromatic heterocycles. The van der Waals surface area contributed by atoms with Gasteiger partial charge in [0.15, 0.2) is 6.04 Å². The van der Waals surface area contributed by atoms with Gasteiger partial charge in [0.25, 0.3) is 17.6 Å². The van der Waals surface area contributed by atoms with E-state index in [2.05, 4.69) is 10.3 Å². The van der Waals surface area contributed by atoms with Gasteiger partial charge in [0, 0.05) is 34.2 Å². The third-order valence-corrected chi connectivity index (χ3v) is 5.18. The Morgan fingerprint density at radius 3 is 2.50 bits per heavy atom. The number of likely N-dealkylation sites (N-methyl/N-ethyl adjacent to an activating group) is 1. The quantitative estimate of drug-likeness (QED) is 0.566. The number of amidine groups is 1. The lowest BCUT2D eigenvalue weighted by molar-refractivity contribution is -0.146. The summed E-state index contributed by atoms with van der Waals surface area (Å²) in [5.41, 5.74) is 0.639. The number of halogens is 1. The molecule has 1 saturated heterocycles. The van der Waals surface area contributed by atoms with E-state index in [-0.39, 0.29) is 18.4 Å². The number of carbonyl (C=O) groups excluding carboxylic acids is 4. The maximum absolute atomic E-state index is 13.0. The summed E-state index contributed by atoms with van der Waals surface area (Å²) in [5, 5.41) is 2.57. The Labute approximate surface area is 173 Å². The predicted molar refractivity (Wildman–Crippen MR) is 106 cm³/mol. The average Bonchev–Trinajstić information content (AvgIpc) is 2.74. The van der Waals surface area contributed by atoms with Crippen LogP contribution in [0.2, 0.25) is 0 Å². The smallest absolute Gasteiger partial charge is 0.319 e. The lowest BCUT2D eigenvalue weighted by Gasteiger charge is -2.41. The van der Waals surface area contributed by atoms with Crippen LogP contribution in [0.15, 0.2) is 29.3 Å². The number of benzene rings is 1. The van der Waals surface area contributed by atoms with Crippen molar-refractivity contribution < 1.29 is 23.6 Å². The molecule has 0 bridgehead atoms. The predicted octanol–water partition coefficient (Wildman–Crippen LogP) is 0.396. The Morgan fingerprint density at radius 1 is 1.20 bits per heavy atom. The van der Waals surface area contributed by atoms with Crippen LogP contribution in [0.1, 0.15) is 18.4 Å². The van der Waals surface area contributed by atoms with E-state index in [1.807, 2.05) is 0 Å². The molecular weight excluding hydrogens is 393 g/mol. The number of hydrogen-bond acceptors (Lipinski definition) is 5. The van der Waals surface area contributed by atoms with E-state index in [0.29, 0.717) is 24.9 Å². The number of carbonyl (C=O) groups is 4.